The Morgan fingerprint density at radius 1 is 1.54 bits per heavy atom. The van der Waals surface area contributed by atoms with Gasteiger partial charge in [-0.25, -0.2) is 10.2 Å². The van der Waals surface area contributed by atoms with Crippen molar-refractivity contribution in [2.24, 2.45) is 5.84 Å². The molecule has 0 aliphatic carbocycles. The third-order valence-electron chi connectivity index (χ3n) is 2.16. The van der Waals surface area contributed by atoms with Gasteiger partial charge in [-0.1, -0.05) is 6.07 Å². The van der Waals surface area contributed by atoms with Gasteiger partial charge in [-0.3, -0.25) is 0 Å². The number of rotatable bonds is 0. The SMILES string of the molecule is Cc1ccc2c(c1F)OCCN2N. The molecule has 4 heteroatoms. The van der Waals surface area contributed by atoms with Crippen LogP contribution < -0.4 is 15.6 Å². The predicted octanol–water partition coefficient (Wildman–Crippen LogP) is 1.21. The van der Waals surface area contributed by atoms with Gasteiger partial charge in [-0.15, -0.1) is 0 Å². The van der Waals surface area contributed by atoms with Gasteiger partial charge in [0.05, 0.1) is 12.2 Å². The number of benzene rings is 1. The number of nitrogens with two attached hydrogens (primary N) is 1. The van der Waals surface area contributed by atoms with Gasteiger partial charge in [-0.05, 0) is 18.6 Å². The summed E-state index contributed by atoms with van der Waals surface area (Å²) in [4.78, 5) is 0. The topological polar surface area (TPSA) is 38.5 Å². The Hall–Kier alpha value is -1.29. The van der Waals surface area contributed by atoms with E-state index in [1.807, 2.05) is 0 Å². The number of hydrogen-bond donors (Lipinski definition) is 1. The van der Waals surface area contributed by atoms with Gasteiger partial charge < -0.3 is 9.75 Å². The molecule has 70 valence electrons. The highest BCUT2D eigenvalue weighted by Gasteiger charge is 2.20. The third kappa shape index (κ3) is 1.23. The number of fused-ring (bicyclic) bond motifs is 1. The molecule has 1 aliphatic rings. The summed E-state index contributed by atoms with van der Waals surface area (Å²) in [5.74, 6) is 5.61. The van der Waals surface area contributed by atoms with Crippen molar-refractivity contribution in [2.75, 3.05) is 18.2 Å². The van der Waals surface area contributed by atoms with Gasteiger partial charge in [0, 0.05) is 0 Å². The highest BCUT2D eigenvalue weighted by atomic mass is 19.1. The molecule has 1 aromatic carbocycles. The molecule has 1 aliphatic heterocycles. The van der Waals surface area contributed by atoms with E-state index in [2.05, 4.69) is 0 Å². The van der Waals surface area contributed by atoms with Crippen LogP contribution in [0.25, 0.3) is 0 Å². The van der Waals surface area contributed by atoms with Crippen LogP contribution in [0.4, 0.5) is 10.1 Å². The van der Waals surface area contributed by atoms with Gasteiger partial charge in [0.15, 0.2) is 11.6 Å². The lowest BCUT2D eigenvalue weighted by Gasteiger charge is -2.27. The van der Waals surface area contributed by atoms with E-state index in [4.69, 9.17) is 10.6 Å². The maximum absolute atomic E-state index is 13.4. The highest BCUT2D eigenvalue weighted by molar-refractivity contribution is 5.60. The average Bonchev–Trinajstić information content (AvgIpc) is 2.12. The van der Waals surface area contributed by atoms with E-state index in [0.29, 0.717) is 24.4 Å². The fourth-order valence-corrected chi connectivity index (χ4v) is 1.37. The monoisotopic (exact) mass is 182 g/mol. The van der Waals surface area contributed by atoms with Gasteiger partial charge in [0.25, 0.3) is 0 Å². The van der Waals surface area contributed by atoms with Crippen LogP contribution in [0.15, 0.2) is 12.1 Å². The largest absolute Gasteiger partial charge is 0.486 e. The predicted molar refractivity (Wildman–Crippen MR) is 48.2 cm³/mol. The smallest absolute Gasteiger partial charge is 0.179 e. The highest BCUT2D eigenvalue weighted by Crippen LogP contribution is 2.33. The molecule has 13 heavy (non-hydrogen) atoms. The molecule has 0 radical (unpaired) electrons. The van der Waals surface area contributed by atoms with Gasteiger partial charge in [0.2, 0.25) is 0 Å². The van der Waals surface area contributed by atoms with Crippen molar-refractivity contribution in [3.63, 3.8) is 0 Å². The molecular formula is C9H11FN2O. The molecule has 0 fully saturated rings. The van der Waals surface area contributed by atoms with Crippen molar-refractivity contribution in [3.05, 3.63) is 23.5 Å². The van der Waals surface area contributed by atoms with Crippen LogP contribution in [0.1, 0.15) is 5.56 Å². The summed E-state index contributed by atoms with van der Waals surface area (Å²) in [5.41, 5.74) is 1.20. The number of ether oxygens (including phenoxy) is 1. The molecule has 0 bridgehead atoms. The van der Waals surface area contributed by atoms with Crippen LogP contribution in [0.5, 0.6) is 5.75 Å². The van der Waals surface area contributed by atoms with Crippen molar-refractivity contribution in [3.8, 4) is 5.75 Å². The van der Waals surface area contributed by atoms with E-state index in [1.54, 1.807) is 19.1 Å². The minimum Gasteiger partial charge on any atom is -0.486 e. The number of halogens is 1. The Labute approximate surface area is 75.9 Å². The molecule has 0 saturated carbocycles. The van der Waals surface area contributed by atoms with Crippen LogP contribution in [-0.2, 0) is 0 Å². The minimum atomic E-state index is -0.312. The molecule has 0 aromatic heterocycles. The Morgan fingerprint density at radius 2 is 2.31 bits per heavy atom. The standard InChI is InChI=1S/C9H11FN2O/c1-6-2-3-7-9(8(6)10)13-5-4-12(7)11/h2-3H,4-5,11H2,1H3. The van der Waals surface area contributed by atoms with Crippen molar-refractivity contribution in [2.45, 2.75) is 6.92 Å². The average molecular weight is 182 g/mol. The van der Waals surface area contributed by atoms with Gasteiger partial charge >= 0.3 is 0 Å². The lowest BCUT2D eigenvalue weighted by Crippen LogP contribution is -2.38. The second kappa shape index (κ2) is 2.88. The molecule has 2 N–H and O–H groups in total. The van der Waals surface area contributed by atoms with Crippen LogP contribution in [0, 0.1) is 12.7 Å². The second-order valence-electron chi connectivity index (χ2n) is 3.09. The molecule has 0 saturated heterocycles. The zero-order valence-electron chi connectivity index (χ0n) is 7.38. The normalized spacial score (nSPS) is 15.2. The van der Waals surface area contributed by atoms with E-state index in [-0.39, 0.29) is 11.6 Å². The molecule has 0 atom stereocenters. The fraction of sp³-hybridized carbons (Fsp3) is 0.333. The van der Waals surface area contributed by atoms with Crippen molar-refractivity contribution >= 4 is 5.69 Å². The lowest BCUT2D eigenvalue weighted by atomic mass is 10.1. The molecule has 1 aromatic rings. The van der Waals surface area contributed by atoms with Gasteiger partial charge in [-0.2, -0.15) is 0 Å². The zero-order valence-corrected chi connectivity index (χ0v) is 7.38. The molecule has 3 nitrogen and oxygen atoms in total. The summed E-state index contributed by atoms with van der Waals surface area (Å²) in [7, 11) is 0. The first-order valence-electron chi connectivity index (χ1n) is 4.14. The third-order valence-corrected chi connectivity index (χ3v) is 2.16. The van der Waals surface area contributed by atoms with Crippen LogP contribution in [0.2, 0.25) is 0 Å². The van der Waals surface area contributed by atoms with E-state index < -0.39 is 0 Å². The number of aryl methyl sites for hydroxylation is 1. The van der Waals surface area contributed by atoms with Crippen LogP contribution in [-0.4, -0.2) is 13.2 Å². The summed E-state index contributed by atoms with van der Waals surface area (Å²) >= 11 is 0. The summed E-state index contributed by atoms with van der Waals surface area (Å²) < 4.78 is 18.7. The Bertz CT molecular complexity index is 341. The summed E-state index contributed by atoms with van der Waals surface area (Å²) in [6.07, 6.45) is 0. The van der Waals surface area contributed by atoms with Crippen LogP contribution in [0.3, 0.4) is 0 Å². The number of anilines is 1. The number of hydrogen-bond acceptors (Lipinski definition) is 3. The maximum Gasteiger partial charge on any atom is 0.179 e. The first-order valence-corrected chi connectivity index (χ1v) is 4.14. The first kappa shape index (κ1) is 8.31. The molecular weight excluding hydrogens is 171 g/mol. The van der Waals surface area contributed by atoms with Crippen molar-refractivity contribution in [1.82, 2.24) is 0 Å². The first-order chi connectivity index (χ1) is 6.20. The number of hydrazine groups is 1. The molecule has 0 unspecified atom stereocenters. The lowest BCUT2D eigenvalue weighted by molar-refractivity contribution is 0.291. The number of nitrogens with zero attached hydrogens (tertiary/aromatic N) is 1. The van der Waals surface area contributed by atoms with E-state index in [9.17, 15) is 4.39 Å². The van der Waals surface area contributed by atoms with E-state index in [1.165, 1.54) is 5.01 Å². The Kier molecular flexibility index (Phi) is 1.84. The quantitative estimate of drug-likeness (QED) is 0.613. The fourth-order valence-electron chi connectivity index (χ4n) is 1.37. The maximum atomic E-state index is 13.4. The minimum absolute atomic E-state index is 0.272. The van der Waals surface area contributed by atoms with Crippen molar-refractivity contribution in [1.29, 1.82) is 0 Å². The molecule has 0 spiro atoms. The Morgan fingerprint density at radius 3 is 3.08 bits per heavy atom. The molecule has 0 amide bonds. The molecule has 2 rings (SSSR count). The summed E-state index contributed by atoms with van der Waals surface area (Å²) in [6.45, 7) is 2.73. The van der Waals surface area contributed by atoms with E-state index >= 15 is 0 Å². The zero-order chi connectivity index (χ0) is 9.42. The summed E-state index contributed by atoms with van der Waals surface area (Å²) in [5, 5.41) is 1.50. The van der Waals surface area contributed by atoms with Crippen LogP contribution >= 0.6 is 0 Å². The van der Waals surface area contributed by atoms with Crippen molar-refractivity contribution < 1.29 is 9.13 Å². The molecule has 1 heterocycles. The van der Waals surface area contributed by atoms with Gasteiger partial charge in [0.1, 0.15) is 6.61 Å². The second-order valence-corrected chi connectivity index (χ2v) is 3.09. The Balaban J connectivity index is 2.56. The summed E-state index contributed by atoms with van der Waals surface area (Å²) in [6, 6.07) is 3.47. The van der Waals surface area contributed by atoms with E-state index in [0.717, 1.165) is 0 Å².